The van der Waals surface area contributed by atoms with Crippen LogP contribution in [0.2, 0.25) is 0 Å². The van der Waals surface area contributed by atoms with E-state index in [0.717, 1.165) is 22.4 Å². The van der Waals surface area contributed by atoms with E-state index in [0.29, 0.717) is 18.9 Å². The van der Waals surface area contributed by atoms with Gasteiger partial charge in [-0.3, -0.25) is 0 Å². The van der Waals surface area contributed by atoms with Crippen molar-refractivity contribution in [1.82, 2.24) is 5.32 Å². The zero-order valence-corrected chi connectivity index (χ0v) is 14.3. The summed E-state index contributed by atoms with van der Waals surface area (Å²) in [7, 11) is 0. The molecule has 0 bridgehead atoms. The number of hydrogen-bond acceptors (Lipinski definition) is 2. The maximum absolute atomic E-state index is 11.1. The van der Waals surface area contributed by atoms with Crippen LogP contribution in [0.3, 0.4) is 0 Å². The number of carbonyl (C=O) groups is 1. The van der Waals surface area contributed by atoms with Crippen molar-refractivity contribution >= 4 is 6.09 Å². The predicted octanol–water partition coefficient (Wildman–Crippen LogP) is 4.74. The fourth-order valence-electron chi connectivity index (χ4n) is 3.22. The second kappa shape index (κ2) is 6.19. The molecule has 0 spiro atoms. The highest BCUT2D eigenvalue weighted by Crippen LogP contribution is 2.39. The third kappa shape index (κ3) is 3.09. The molecular weight excluding hydrogens is 302 g/mol. The minimum absolute atomic E-state index is 0.474. The van der Waals surface area contributed by atoms with Crippen molar-refractivity contribution in [2.75, 3.05) is 6.61 Å². The van der Waals surface area contributed by atoms with Gasteiger partial charge in [0.2, 0.25) is 0 Å². The van der Waals surface area contributed by atoms with Gasteiger partial charge in [0.1, 0.15) is 5.75 Å². The molecule has 1 unspecified atom stereocenters. The Balaban J connectivity index is 2.00. The normalized spacial score (nSPS) is 19.5. The van der Waals surface area contributed by atoms with Gasteiger partial charge in [-0.1, -0.05) is 50.2 Å². The van der Waals surface area contributed by atoms with E-state index in [1.165, 1.54) is 5.56 Å². The molecule has 0 aliphatic carbocycles. The van der Waals surface area contributed by atoms with Gasteiger partial charge in [-0.15, -0.1) is 0 Å². The molecule has 0 saturated heterocycles. The van der Waals surface area contributed by atoms with Crippen LogP contribution in [-0.2, 0) is 5.54 Å². The average molecular weight is 325 g/mol. The van der Waals surface area contributed by atoms with Gasteiger partial charge >= 0.3 is 6.09 Å². The Labute approximate surface area is 142 Å². The van der Waals surface area contributed by atoms with Crippen molar-refractivity contribution in [3.8, 4) is 16.9 Å². The number of ether oxygens (including phenoxy) is 1. The molecule has 1 atom stereocenters. The minimum atomic E-state index is -1.01. The molecule has 1 aliphatic rings. The van der Waals surface area contributed by atoms with E-state index >= 15 is 0 Å². The highest BCUT2D eigenvalue weighted by molar-refractivity contribution is 5.70. The van der Waals surface area contributed by atoms with Crippen LogP contribution in [-0.4, -0.2) is 17.8 Å². The number of fused-ring (bicyclic) bond motifs is 1. The second-order valence-corrected chi connectivity index (χ2v) is 6.85. The van der Waals surface area contributed by atoms with Gasteiger partial charge in [0.15, 0.2) is 0 Å². The Morgan fingerprint density at radius 3 is 2.67 bits per heavy atom. The lowest BCUT2D eigenvalue weighted by molar-refractivity contribution is 0.158. The van der Waals surface area contributed by atoms with Crippen molar-refractivity contribution < 1.29 is 14.6 Å². The number of carboxylic acid groups (broad SMARTS) is 1. The molecule has 126 valence electrons. The monoisotopic (exact) mass is 325 g/mol. The fourth-order valence-corrected chi connectivity index (χ4v) is 3.22. The minimum Gasteiger partial charge on any atom is -0.493 e. The average Bonchev–Trinajstić information content (AvgIpc) is 2.54. The Bertz CT molecular complexity index is 769. The zero-order chi connectivity index (χ0) is 17.3. The first-order valence-corrected chi connectivity index (χ1v) is 8.28. The summed E-state index contributed by atoms with van der Waals surface area (Å²) in [4.78, 5) is 11.1. The van der Waals surface area contributed by atoms with Crippen LogP contribution in [0.15, 0.2) is 42.5 Å². The van der Waals surface area contributed by atoms with Gasteiger partial charge in [0.25, 0.3) is 0 Å². The van der Waals surface area contributed by atoms with Gasteiger partial charge in [0, 0.05) is 12.0 Å². The van der Waals surface area contributed by atoms with Crippen LogP contribution in [0.5, 0.6) is 5.75 Å². The largest absolute Gasteiger partial charge is 0.493 e. The summed E-state index contributed by atoms with van der Waals surface area (Å²) in [5.41, 5.74) is 3.79. The Morgan fingerprint density at radius 2 is 1.96 bits per heavy atom. The van der Waals surface area contributed by atoms with Crippen molar-refractivity contribution in [3.05, 3.63) is 53.6 Å². The SMILES string of the molecule is CC(C)c1cccc(-c2ccc3c(c2)OCCC3(C)NC(=O)O)c1. The highest BCUT2D eigenvalue weighted by atomic mass is 16.5. The fraction of sp³-hybridized carbons (Fsp3) is 0.350. The summed E-state index contributed by atoms with van der Waals surface area (Å²) >= 11 is 0. The molecule has 3 rings (SSSR count). The number of benzene rings is 2. The third-order valence-corrected chi connectivity index (χ3v) is 4.71. The molecule has 2 aromatic rings. The van der Waals surface area contributed by atoms with Crippen molar-refractivity contribution in [2.24, 2.45) is 0 Å². The van der Waals surface area contributed by atoms with E-state index in [1.807, 2.05) is 25.1 Å². The summed E-state index contributed by atoms with van der Waals surface area (Å²) < 4.78 is 5.81. The van der Waals surface area contributed by atoms with E-state index in [1.54, 1.807) is 0 Å². The molecule has 0 radical (unpaired) electrons. The first-order chi connectivity index (χ1) is 11.4. The van der Waals surface area contributed by atoms with Crippen LogP contribution in [0.4, 0.5) is 4.79 Å². The number of rotatable bonds is 3. The van der Waals surface area contributed by atoms with Gasteiger partial charge < -0.3 is 15.2 Å². The first-order valence-electron chi connectivity index (χ1n) is 8.28. The molecule has 4 heteroatoms. The maximum atomic E-state index is 11.1. The zero-order valence-electron chi connectivity index (χ0n) is 14.3. The van der Waals surface area contributed by atoms with Crippen LogP contribution < -0.4 is 10.1 Å². The quantitative estimate of drug-likeness (QED) is 0.856. The standard InChI is InChI=1S/C20H23NO3/c1-13(2)14-5-4-6-15(11-14)16-7-8-17-18(12-16)24-10-9-20(17,3)21-19(22)23/h4-8,11-13,21H,9-10H2,1-3H3,(H,22,23). The summed E-state index contributed by atoms with van der Waals surface area (Å²) in [5, 5.41) is 11.8. The van der Waals surface area contributed by atoms with Crippen LogP contribution >= 0.6 is 0 Å². The van der Waals surface area contributed by atoms with E-state index in [9.17, 15) is 4.79 Å². The number of amides is 1. The highest BCUT2D eigenvalue weighted by Gasteiger charge is 2.34. The Kier molecular flexibility index (Phi) is 4.22. The number of hydrogen-bond donors (Lipinski definition) is 2. The molecule has 1 amide bonds. The van der Waals surface area contributed by atoms with Crippen molar-refractivity contribution in [1.29, 1.82) is 0 Å². The lowest BCUT2D eigenvalue weighted by atomic mass is 9.85. The smallest absolute Gasteiger partial charge is 0.405 e. The lowest BCUT2D eigenvalue weighted by Gasteiger charge is -2.35. The summed E-state index contributed by atoms with van der Waals surface area (Å²) in [6.45, 7) is 6.76. The summed E-state index contributed by atoms with van der Waals surface area (Å²) in [5.74, 6) is 1.23. The van der Waals surface area contributed by atoms with Gasteiger partial charge in [-0.25, -0.2) is 4.79 Å². The lowest BCUT2D eigenvalue weighted by Crippen LogP contribution is -2.46. The Morgan fingerprint density at radius 1 is 1.21 bits per heavy atom. The molecule has 1 aliphatic heterocycles. The summed E-state index contributed by atoms with van der Waals surface area (Å²) in [6, 6.07) is 14.5. The van der Waals surface area contributed by atoms with Crippen molar-refractivity contribution in [3.63, 3.8) is 0 Å². The molecule has 0 aromatic heterocycles. The maximum Gasteiger partial charge on any atom is 0.405 e. The van der Waals surface area contributed by atoms with E-state index in [2.05, 4.69) is 43.4 Å². The molecule has 4 nitrogen and oxygen atoms in total. The number of nitrogens with one attached hydrogen (secondary N) is 1. The summed E-state index contributed by atoms with van der Waals surface area (Å²) in [6.07, 6.45) is -0.395. The molecule has 24 heavy (non-hydrogen) atoms. The molecular formula is C20H23NO3. The molecule has 0 saturated carbocycles. The predicted molar refractivity (Wildman–Crippen MR) is 94.6 cm³/mol. The van der Waals surface area contributed by atoms with Gasteiger partial charge in [-0.05, 0) is 35.6 Å². The molecule has 2 N–H and O–H groups in total. The second-order valence-electron chi connectivity index (χ2n) is 6.85. The Hall–Kier alpha value is -2.49. The van der Waals surface area contributed by atoms with E-state index in [4.69, 9.17) is 9.84 Å². The van der Waals surface area contributed by atoms with Crippen LogP contribution in [0, 0.1) is 0 Å². The molecule has 1 heterocycles. The van der Waals surface area contributed by atoms with Crippen LogP contribution in [0.25, 0.3) is 11.1 Å². The topological polar surface area (TPSA) is 58.6 Å². The van der Waals surface area contributed by atoms with Crippen LogP contribution in [0.1, 0.15) is 44.2 Å². The molecule has 2 aromatic carbocycles. The van der Waals surface area contributed by atoms with Gasteiger partial charge in [-0.2, -0.15) is 0 Å². The van der Waals surface area contributed by atoms with Gasteiger partial charge in [0.05, 0.1) is 12.1 Å². The third-order valence-electron chi connectivity index (χ3n) is 4.71. The van der Waals surface area contributed by atoms with E-state index in [-0.39, 0.29) is 0 Å². The molecule has 0 fully saturated rings. The first kappa shape index (κ1) is 16.4. The van der Waals surface area contributed by atoms with Crippen molar-refractivity contribution in [2.45, 2.75) is 38.6 Å². The van der Waals surface area contributed by atoms with E-state index < -0.39 is 11.6 Å².